The fraction of sp³-hybridized carbons (Fsp3) is 0.789. The zero-order valence-electron chi connectivity index (χ0n) is 14.0. The van der Waals surface area contributed by atoms with Crippen LogP contribution in [-0.4, -0.2) is 49.8 Å². The van der Waals surface area contributed by atoms with Gasteiger partial charge in [0.25, 0.3) is 0 Å². The SMILES string of the molecule is C=CC[C@H]1O[C@H]2CCCO[C@@H]2CC[C@H]1O[C@@H]1CCCO[C@H]1C=C. The zero-order valence-corrected chi connectivity index (χ0v) is 14.0. The first-order valence-electron chi connectivity index (χ1n) is 9.09. The number of hydrogen-bond donors (Lipinski definition) is 0. The third-order valence-electron chi connectivity index (χ3n) is 5.17. The molecule has 3 rings (SSSR count). The van der Waals surface area contributed by atoms with E-state index in [-0.39, 0.29) is 36.6 Å². The molecular weight excluding hydrogens is 292 g/mol. The van der Waals surface area contributed by atoms with Crippen molar-refractivity contribution >= 4 is 0 Å². The Labute approximate surface area is 139 Å². The van der Waals surface area contributed by atoms with Crippen LogP contribution in [-0.2, 0) is 18.9 Å². The largest absolute Gasteiger partial charge is 0.376 e. The molecule has 130 valence electrons. The summed E-state index contributed by atoms with van der Waals surface area (Å²) in [6.07, 6.45) is 11.5. The summed E-state index contributed by atoms with van der Waals surface area (Å²) in [6.45, 7) is 9.44. The lowest BCUT2D eigenvalue weighted by Gasteiger charge is -2.35. The summed E-state index contributed by atoms with van der Waals surface area (Å²) >= 11 is 0. The highest BCUT2D eigenvalue weighted by atomic mass is 16.6. The molecule has 0 bridgehead atoms. The van der Waals surface area contributed by atoms with Gasteiger partial charge < -0.3 is 18.9 Å². The van der Waals surface area contributed by atoms with Crippen LogP contribution in [0.1, 0.15) is 44.9 Å². The maximum Gasteiger partial charge on any atom is 0.101 e. The van der Waals surface area contributed by atoms with Gasteiger partial charge in [-0.1, -0.05) is 12.2 Å². The van der Waals surface area contributed by atoms with Crippen LogP contribution in [0.15, 0.2) is 25.3 Å². The van der Waals surface area contributed by atoms with Gasteiger partial charge in [-0.15, -0.1) is 13.2 Å². The first kappa shape index (κ1) is 17.2. The van der Waals surface area contributed by atoms with Gasteiger partial charge in [0.05, 0.1) is 30.5 Å². The van der Waals surface area contributed by atoms with Crippen LogP contribution in [0.3, 0.4) is 0 Å². The summed E-state index contributed by atoms with van der Waals surface area (Å²) in [4.78, 5) is 0. The second kappa shape index (κ2) is 8.43. The lowest BCUT2D eigenvalue weighted by Crippen LogP contribution is -2.42. The lowest BCUT2D eigenvalue weighted by molar-refractivity contribution is -0.168. The maximum atomic E-state index is 6.46. The summed E-state index contributed by atoms with van der Waals surface area (Å²) < 4.78 is 24.5. The topological polar surface area (TPSA) is 36.9 Å². The van der Waals surface area contributed by atoms with Crippen molar-refractivity contribution < 1.29 is 18.9 Å². The molecule has 3 aliphatic heterocycles. The van der Waals surface area contributed by atoms with Crippen molar-refractivity contribution in [2.45, 2.75) is 81.6 Å². The summed E-state index contributed by atoms with van der Waals surface area (Å²) in [5, 5.41) is 0. The van der Waals surface area contributed by atoms with Gasteiger partial charge in [0.1, 0.15) is 6.10 Å². The number of rotatable bonds is 5. The Morgan fingerprint density at radius 3 is 2.57 bits per heavy atom. The fourth-order valence-corrected chi connectivity index (χ4v) is 3.96. The summed E-state index contributed by atoms with van der Waals surface area (Å²) in [7, 11) is 0. The second-order valence-corrected chi connectivity index (χ2v) is 6.79. The number of ether oxygens (including phenoxy) is 4. The van der Waals surface area contributed by atoms with Crippen LogP contribution in [0.5, 0.6) is 0 Å². The van der Waals surface area contributed by atoms with Crippen LogP contribution in [0.4, 0.5) is 0 Å². The van der Waals surface area contributed by atoms with E-state index in [2.05, 4.69) is 13.2 Å². The molecule has 3 aliphatic rings. The first-order valence-corrected chi connectivity index (χ1v) is 9.09. The molecule has 4 nitrogen and oxygen atoms in total. The van der Waals surface area contributed by atoms with E-state index < -0.39 is 0 Å². The molecule has 0 aliphatic carbocycles. The fourth-order valence-electron chi connectivity index (χ4n) is 3.96. The highest BCUT2D eigenvalue weighted by molar-refractivity contribution is 4.93. The predicted molar refractivity (Wildman–Crippen MR) is 89.5 cm³/mol. The van der Waals surface area contributed by atoms with E-state index in [1.54, 1.807) is 0 Å². The molecule has 23 heavy (non-hydrogen) atoms. The molecule has 0 aromatic carbocycles. The Bertz CT molecular complexity index is 397. The Kier molecular flexibility index (Phi) is 6.29. The van der Waals surface area contributed by atoms with Crippen LogP contribution in [0.25, 0.3) is 0 Å². The molecule has 0 aromatic rings. The van der Waals surface area contributed by atoms with Gasteiger partial charge >= 0.3 is 0 Å². The van der Waals surface area contributed by atoms with Crippen LogP contribution >= 0.6 is 0 Å². The average molecular weight is 322 g/mol. The van der Waals surface area contributed by atoms with Gasteiger partial charge in [-0.3, -0.25) is 0 Å². The monoisotopic (exact) mass is 322 g/mol. The van der Waals surface area contributed by atoms with Crippen molar-refractivity contribution in [3.63, 3.8) is 0 Å². The Hall–Kier alpha value is -0.680. The van der Waals surface area contributed by atoms with Crippen molar-refractivity contribution in [2.75, 3.05) is 13.2 Å². The zero-order chi connectivity index (χ0) is 16.1. The molecule has 0 spiro atoms. The van der Waals surface area contributed by atoms with Crippen molar-refractivity contribution in [2.24, 2.45) is 0 Å². The quantitative estimate of drug-likeness (QED) is 0.727. The number of fused-ring (bicyclic) bond motifs is 1. The minimum Gasteiger partial charge on any atom is -0.376 e. The van der Waals surface area contributed by atoms with E-state index in [9.17, 15) is 0 Å². The molecule has 0 saturated carbocycles. The molecule has 4 heteroatoms. The van der Waals surface area contributed by atoms with E-state index in [1.165, 1.54) is 0 Å². The molecule has 0 radical (unpaired) electrons. The van der Waals surface area contributed by atoms with E-state index >= 15 is 0 Å². The van der Waals surface area contributed by atoms with Crippen molar-refractivity contribution in [1.29, 1.82) is 0 Å². The smallest absolute Gasteiger partial charge is 0.101 e. The van der Waals surface area contributed by atoms with Gasteiger partial charge in [-0.25, -0.2) is 0 Å². The van der Waals surface area contributed by atoms with E-state index in [0.717, 1.165) is 58.2 Å². The Morgan fingerprint density at radius 1 is 0.913 bits per heavy atom. The standard InChI is InChI=1S/C19H30O4/c1-3-7-16-19(23-17-8-5-12-20-14(17)4-2)11-10-15-18(22-16)9-6-13-21-15/h3-4,14-19H,1-2,5-13H2/t14-,15+,16+,17+,18-,19+/m0/s1. The third kappa shape index (κ3) is 4.24. The summed E-state index contributed by atoms with van der Waals surface area (Å²) in [5.41, 5.74) is 0. The van der Waals surface area contributed by atoms with Gasteiger partial charge in [0.15, 0.2) is 0 Å². The van der Waals surface area contributed by atoms with Crippen LogP contribution in [0, 0.1) is 0 Å². The normalized spacial score (nSPS) is 41.6. The molecule has 0 aromatic heterocycles. The second-order valence-electron chi connectivity index (χ2n) is 6.79. The average Bonchev–Trinajstić information content (AvgIpc) is 2.76. The van der Waals surface area contributed by atoms with Crippen molar-refractivity contribution in [3.8, 4) is 0 Å². The lowest BCUT2D eigenvalue weighted by atomic mass is 9.99. The van der Waals surface area contributed by atoms with Gasteiger partial charge in [-0.05, 0) is 44.9 Å². The van der Waals surface area contributed by atoms with Crippen LogP contribution < -0.4 is 0 Å². The van der Waals surface area contributed by atoms with Crippen molar-refractivity contribution in [3.05, 3.63) is 25.3 Å². The highest BCUT2D eigenvalue weighted by Gasteiger charge is 2.38. The molecule has 3 fully saturated rings. The maximum absolute atomic E-state index is 6.46. The molecular formula is C19H30O4. The molecule has 3 saturated heterocycles. The van der Waals surface area contributed by atoms with E-state index in [4.69, 9.17) is 18.9 Å². The number of hydrogen-bond acceptors (Lipinski definition) is 4. The minimum atomic E-state index is -0.00471. The molecule has 0 unspecified atom stereocenters. The van der Waals surface area contributed by atoms with Gasteiger partial charge in [-0.2, -0.15) is 0 Å². The van der Waals surface area contributed by atoms with Crippen molar-refractivity contribution in [1.82, 2.24) is 0 Å². The third-order valence-corrected chi connectivity index (χ3v) is 5.17. The highest BCUT2D eigenvalue weighted by Crippen LogP contribution is 2.32. The van der Waals surface area contributed by atoms with E-state index in [1.807, 2.05) is 12.2 Å². The molecule has 0 N–H and O–H groups in total. The molecule has 0 amide bonds. The van der Waals surface area contributed by atoms with Gasteiger partial charge in [0.2, 0.25) is 0 Å². The van der Waals surface area contributed by atoms with Crippen LogP contribution in [0.2, 0.25) is 0 Å². The van der Waals surface area contributed by atoms with Gasteiger partial charge in [0, 0.05) is 13.2 Å². The summed E-state index contributed by atoms with van der Waals surface area (Å²) in [5.74, 6) is 0. The molecule has 6 atom stereocenters. The minimum absolute atomic E-state index is 0.00471. The summed E-state index contributed by atoms with van der Waals surface area (Å²) in [6, 6.07) is 0. The Balaban J connectivity index is 1.67. The predicted octanol–water partition coefficient (Wildman–Crippen LogP) is 3.41. The first-order chi connectivity index (χ1) is 11.3. The van der Waals surface area contributed by atoms with E-state index in [0.29, 0.717) is 0 Å². The molecule has 3 heterocycles. The Morgan fingerprint density at radius 2 is 1.74 bits per heavy atom.